The number of anilines is 1. The molecule has 1 aliphatic heterocycles. The zero-order valence-electron chi connectivity index (χ0n) is 26.3. The Balaban J connectivity index is 1.31. The van der Waals surface area contributed by atoms with Gasteiger partial charge in [-0.3, -0.25) is 24.2 Å². The Kier molecular flexibility index (Phi) is 11.3. The predicted molar refractivity (Wildman–Crippen MR) is 176 cm³/mol. The van der Waals surface area contributed by atoms with E-state index in [0.29, 0.717) is 49.1 Å². The van der Waals surface area contributed by atoms with Crippen LogP contribution in [0.15, 0.2) is 83.4 Å². The highest BCUT2D eigenvalue weighted by molar-refractivity contribution is 5.96. The number of hydrogen-bond acceptors (Lipinski definition) is 8. The van der Waals surface area contributed by atoms with E-state index in [9.17, 15) is 19.2 Å². The second kappa shape index (κ2) is 16.2. The smallest absolute Gasteiger partial charge is 0.270 e. The Labute approximate surface area is 273 Å². The lowest BCUT2D eigenvalue weighted by molar-refractivity contribution is -0.131. The minimum absolute atomic E-state index is 0.00610. The summed E-state index contributed by atoms with van der Waals surface area (Å²) in [5.74, 6) is -0.233. The quantitative estimate of drug-likeness (QED) is 0.260. The molecule has 244 valence electrons. The third kappa shape index (κ3) is 9.49. The Morgan fingerprint density at radius 3 is 2.45 bits per heavy atom. The molecule has 0 radical (unpaired) electrons. The van der Waals surface area contributed by atoms with Crippen molar-refractivity contribution in [3.63, 3.8) is 0 Å². The van der Waals surface area contributed by atoms with Crippen molar-refractivity contribution in [1.82, 2.24) is 30.8 Å². The first-order valence-electron chi connectivity index (χ1n) is 15.7. The average molecular weight is 638 g/mol. The fraction of sp³-hybridized carbons (Fsp3) is 0.314. The topological polar surface area (TPSA) is 159 Å². The number of fused-ring (bicyclic) bond motifs is 2. The van der Waals surface area contributed by atoms with E-state index in [0.717, 1.165) is 11.1 Å². The molecule has 2 aromatic carbocycles. The van der Waals surface area contributed by atoms with Crippen LogP contribution in [0.3, 0.4) is 0 Å². The molecule has 0 aliphatic carbocycles. The number of amides is 4. The van der Waals surface area contributed by atoms with Crippen LogP contribution in [-0.2, 0) is 27.2 Å². The molecule has 0 saturated carbocycles. The van der Waals surface area contributed by atoms with Gasteiger partial charge in [-0.05, 0) is 43.2 Å². The first kappa shape index (κ1) is 32.9. The molecule has 0 spiro atoms. The Morgan fingerprint density at radius 2 is 1.66 bits per heavy atom. The molecule has 2 bridgehead atoms. The molecule has 47 heavy (non-hydrogen) atoms. The van der Waals surface area contributed by atoms with Crippen molar-refractivity contribution in [2.45, 2.75) is 38.6 Å². The summed E-state index contributed by atoms with van der Waals surface area (Å²) in [7, 11) is 0. The van der Waals surface area contributed by atoms with Crippen LogP contribution in [0.2, 0.25) is 0 Å². The minimum atomic E-state index is -0.884. The van der Waals surface area contributed by atoms with Crippen LogP contribution in [-0.4, -0.2) is 77.3 Å². The van der Waals surface area contributed by atoms with E-state index in [1.807, 2.05) is 60.7 Å². The Morgan fingerprint density at radius 1 is 0.915 bits per heavy atom. The summed E-state index contributed by atoms with van der Waals surface area (Å²) < 4.78 is 5.85. The molecule has 0 unspecified atom stereocenters. The van der Waals surface area contributed by atoms with E-state index < -0.39 is 11.9 Å². The summed E-state index contributed by atoms with van der Waals surface area (Å²) in [5, 5.41) is 11.8. The van der Waals surface area contributed by atoms with E-state index in [4.69, 9.17) is 4.42 Å². The summed E-state index contributed by atoms with van der Waals surface area (Å²) in [5.41, 5.74) is 3.03. The first-order valence-corrected chi connectivity index (χ1v) is 15.7. The van der Waals surface area contributed by atoms with Crippen LogP contribution < -0.4 is 21.3 Å². The number of nitrogens with one attached hydrogen (secondary N) is 4. The maximum atomic E-state index is 13.6. The van der Waals surface area contributed by atoms with Gasteiger partial charge in [-0.1, -0.05) is 48.5 Å². The number of pyridine rings is 1. The monoisotopic (exact) mass is 637 g/mol. The molecular formula is C35H39N7O5. The lowest BCUT2D eigenvalue weighted by Crippen LogP contribution is -2.50. The lowest BCUT2D eigenvalue weighted by Gasteiger charge is -2.24. The summed E-state index contributed by atoms with van der Waals surface area (Å²) in [6, 6.07) is 21.3. The van der Waals surface area contributed by atoms with Gasteiger partial charge in [-0.25, -0.2) is 4.98 Å². The number of nitrogens with zero attached hydrogens (tertiary/aromatic N) is 3. The maximum absolute atomic E-state index is 13.6. The second-order valence-electron chi connectivity index (χ2n) is 11.3. The maximum Gasteiger partial charge on any atom is 0.270 e. The normalized spacial score (nSPS) is 16.8. The minimum Gasteiger partial charge on any atom is -0.441 e. The number of aryl methyl sites for hydroxylation is 1. The van der Waals surface area contributed by atoms with Crippen molar-refractivity contribution >= 4 is 29.3 Å². The molecule has 0 fully saturated rings. The molecule has 4 amide bonds. The highest BCUT2D eigenvalue weighted by Gasteiger charge is 2.24. The molecule has 12 nitrogen and oxygen atoms in total. The third-order valence-corrected chi connectivity index (χ3v) is 7.77. The summed E-state index contributed by atoms with van der Waals surface area (Å²) in [6.07, 6.45) is 2.45. The van der Waals surface area contributed by atoms with Crippen molar-refractivity contribution in [3.8, 4) is 11.5 Å². The van der Waals surface area contributed by atoms with Crippen LogP contribution in [0, 0.1) is 6.92 Å². The number of carbonyl (C=O) groups excluding carboxylic acids is 4. The highest BCUT2D eigenvalue weighted by Crippen LogP contribution is 2.22. The van der Waals surface area contributed by atoms with E-state index in [-0.39, 0.29) is 55.8 Å². The second-order valence-corrected chi connectivity index (χ2v) is 11.3. The number of oxazole rings is 1. The number of rotatable bonds is 5. The van der Waals surface area contributed by atoms with Crippen molar-refractivity contribution in [1.29, 1.82) is 0 Å². The standard InChI is InChI=1S/C35H39N7O5/c1-24-28(41-35(47-24)26-11-6-3-7-12-26)23-32(44)42-19-8-13-31(43)38-17-16-36-27-14-15-37-29(22-27)34(46)40-30(33(45)39-18-20-42)21-25-9-4-2-5-10-25/h2-7,9-12,14-15,22,30,36H,8,13,16-21,23H2,1H3,(H,38,43)(H,39,45)(H,40,46)/t30-/m0/s1. The van der Waals surface area contributed by atoms with Gasteiger partial charge < -0.3 is 30.6 Å². The van der Waals surface area contributed by atoms with Gasteiger partial charge in [0.2, 0.25) is 23.6 Å². The van der Waals surface area contributed by atoms with Crippen LogP contribution in [0.1, 0.15) is 40.3 Å². The summed E-state index contributed by atoms with van der Waals surface area (Å²) in [4.78, 5) is 63.2. The van der Waals surface area contributed by atoms with Gasteiger partial charge in [0.15, 0.2) is 0 Å². The van der Waals surface area contributed by atoms with Crippen LogP contribution in [0.4, 0.5) is 5.69 Å². The lowest BCUT2D eigenvalue weighted by atomic mass is 10.0. The molecule has 1 aliphatic rings. The van der Waals surface area contributed by atoms with Crippen molar-refractivity contribution < 1.29 is 23.6 Å². The summed E-state index contributed by atoms with van der Waals surface area (Å²) >= 11 is 0. The van der Waals surface area contributed by atoms with Gasteiger partial charge in [0.05, 0.1) is 12.1 Å². The molecule has 5 rings (SSSR count). The van der Waals surface area contributed by atoms with Gasteiger partial charge in [-0.15, -0.1) is 0 Å². The van der Waals surface area contributed by atoms with Gasteiger partial charge >= 0.3 is 0 Å². The van der Waals surface area contributed by atoms with Gasteiger partial charge in [0, 0.05) is 63.0 Å². The van der Waals surface area contributed by atoms with Crippen LogP contribution in [0.25, 0.3) is 11.5 Å². The van der Waals surface area contributed by atoms with Gasteiger partial charge in [0.25, 0.3) is 5.91 Å². The number of aromatic nitrogens is 2. The molecule has 4 aromatic rings. The fourth-order valence-electron chi connectivity index (χ4n) is 5.23. The molecule has 12 heteroatoms. The van der Waals surface area contributed by atoms with Crippen molar-refractivity contribution in [2.24, 2.45) is 0 Å². The predicted octanol–water partition coefficient (Wildman–Crippen LogP) is 2.90. The van der Waals surface area contributed by atoms with Gasteiger partial charge in [0.1, 0.15) is 17.5 Å². The van der Waals surface area contributed by atoms with Crippen LogP contribution >= 0.6 is 0 Å². The van der Waals surface area contributed by atoms with Crippen molar-refractivity contribution in [2.75, 3.05) is 38.0 Å². The fourth-order valence-corrected chi connectivity index (χ4v) is 5.23. The van der Waals surface area contributed by atoms with E-state index in [1.165, 1.54) is 6.20 Å². The highest BCUT2D eigenvalue weighted by atomic mass is 16.4. The largest absolute Gasteiger partial charge is 0.441 e. The molecular weight excluding hydrogens is 598 g/mol. The van der Waals surface area contributed by atoms with Gasteiger partial charge in [-0.2, -0.15) is 0 Å². The molecule has 1 atom stereocenters. The Bertz CT molecular complexity index is 1680. The third-order valence-electron chi connectivity index (χ3n) is 7.77. The van der Waals surface area contributed by atoms with E-state index in [2.05, 4.69) is 31.2 Å². The number of benzene rings is 2. The van der Waals surface area contributed by atoms with E-state index >= 15 is 0 Å². The molecule has 4 N–H and O–H groups in total. The molecule has 2 aromatic heterocycles. The molecule has 0 saturated heterocycles. The van der Waals surface area contributed by atoms with Crippen molar-refractivity contribution in [3.05, 3.63) is 102 Å². The average Bonchev–Trinajstić information content (AvgIpc) is 3.45. The zero-order chi connectivity index (χ0) is 33.0. The first-order chi connectivity index (χ1) is 22.9. The number of carbonyl (C=O) groups is 4. The zero-order valence-corrected chi connectivity index (χ0v) is 26.3. The Hall–Kier alpha value is -5.52. The molecule has 3 heterocycles. The SMILES string of the molecule is Cc1oc(-c2ccccc2)nc1CC(=O)N1CCCC(=O)NCCNc2ccnc(c2)C(=O)N[C@@H](Cc2ccccc2)C(=O)NCC1. The van der Waals surface area contributed by atoms with E-state index in [1.54, 1.807) is 24.0 Å². The van der Waals surface area contributed by atoms with Crippen LogP contribution in [0.5, 0.6) is 0 Å². The summed E-state index contributed by atoms with van der Waals surface area (Å²) in [6.45, 7) is 3.23. The number of hydrogen-bond donors (Lipinski definition) is 4.